The van der Waals surface area contributed by atoms with Crippen LogP contribution in [0.3, 0.4) is 0 Å². The highest BCUT2D eigenvalue weighted by Gasteiger charge is 2.30. The molecule has 0 aliphatic carbocycles. The molecule has 1 heterocycles. The molecule has 1 amide bonds. The molecule has 1 aromatic carbocycles. The topological polar surface area (TPSA) is 40.5 Å². The molecule has 126 valence electrons. The van der Waals surface area contributed by atoms with Crippen molar-refractivity contribution in [3.63, 3.8) is 0 Å². The number of hydrogen-bond acceptors (Lipinski definition) is 2. The molecule has 3 nitrogen and oxygen atoms in total. The molecule has 6 heteroatoms. The van der Waals surface area contributed by atoms with Crippen molar-refractivity contribution >= 4 is 12.0 Å². The Bertz CT molecular complexity index is 581. The highest BCUT2D eigenvalue weighted by molar-refractivity contribution is 5.91. The van der Waals surface area contributed by atoms with Gasteiger partial charge < -0.3 is 10.0 Å². The number of aliphatic hydroxyl groups is 1. The Kier molecular flexibility index (Phi) is 5.46. The maximum atomic E-state index is 12.7. The maximum Gasteiger partial charge on any atom is 0.416 e. The van der Waals surface area contributed by atoms with Gasteiger partial charge >= 0.3 is 6.18 Å². The van der Waals surface area contributed by atoms with Crippen molar-refractivity contribution in [2.45, 2.75) is 32.0 Å². The summed E-state index contributed by atoms with van der Waals surface area (Å²) < 4.78 is 38.0. The summed E-state index contributed by atoms with van der Waals surface area (Å²) in [6.07, 6.45) is -0.496. The van der Waals surface area contributed by atoms with Crippen molar-refractivity contribution in [2.75, 3.05) is 13.1 Å². The van der Waals surface area contributed by atoms with E-state index in [4.69, 9.17) is 0 Å². The molecule has 1 fully saturated rings. The van der Waals surface area contributed by atoms with Gasteiger partial charge in [0.25, 0.3) is 0 Å². The van der Waals surface area contributed by atoms with Crippen LogP contribution in [0.25, 0.3) is 6.08 Å². The van der Waals surface area contributed by atoms with Gasteiger partial charge in [-0.15, -0.1) is 0 Å². The van der Waals surface area contributed by atoms with Crippen LogP contribution in [-0.4, -0.2) is 35.1 Å². The number of piperidine rings is 1. The van der Waals surface area contributed by atoms with Gasteiger partial charge in [-0.1, -0.05) is 12.1 Å². The fourth-order valence-corrected chi connectivity index (χ4v) is 2.70. The summed E-state index contributed by atoms with van der Waals surface area (Å²) in [5.74, 6) is -0.192. The zero-order chi connectivity index (χ0) is 17.0. The Morgan fingerprint density at radius 1 is 1.43 bits per heavy atom. The Balaban J connectivity index is 2.04. The maximum absolute atomic E-state index is 12.7. The fourth-order valence-electron chi connectivity index (χ4n) is 2.70. The van der Waals surface area contributed by atoms with E-state index in [1.807, 2.05) is 0 Å². The van der Waals surface area contributed by atoms with E-state index in [2.05, 4.69) is 0 Å². The van der Waals surface area contributed by atoms with Crippen LogP contribution >= 0.6 is 0 Å². The number of carbonyl (C=O) groups is 1. The zero-order valence-corrected chi connectivity index (χ0v) is 12.9. The number of hydrogen-bond donors (Lipinski definition) is 1. The van der Waals surface area contributed by atoms with Gasteiger partial charge in [0.2, 0.25) is 5.91 Å². The van der Waals surface area contributed by atoms with E-state index in [1.54, 1.807) is 11.8 Å². The first-order valence-electron chi connectivity index (χ1n) is 7.59. The van der Waals surface area contributed by atoms with Gasteiger partial charge in [-0.3, -0.25) is 4.79 Å². The summed E-state index contributed by atoms with van der Waals surface area (Å²) in [6.45, 7) is 2.79. The van der Waals surface area contributed by atoms with Crippen LogP contribution in [0.2, 0.25) is 0 Å². The van der Waals surface area contributed by atoms with Crippen molar-refractivity contribution in [1.29, 1.82) is 0 Å². The third-order valence-corrected chi connectivity index (χ3v) is 4.08. The molecule has 1 aliphatic rings. The molecule has 23 heavy (non-hydrogen) atoms. The SMILES string of the molecule is CC(O)C1CCCN(C(=O)/C=C/c2cccc(C(F)(F)F)c2)C1. The van der Waals surface area contributed by atoms with Crippen LogP contribution in [0, 0.1) is 5.92 Å². The third-order valence-electron chi connectivity index (χ3n) is 4.08. The number of likely N-dealkylation sites (tertiary alicyclic amines) is 1. The van der Waals surface area contributed by atoms with Gasteiger partial charge in [0, 0.05) is 25.1 Å². The summed E-state index contributed by atoms with van der Waals surface area (Å²) in [7, 11) is 0. The average Bonchev–Trinajstić information content (AvgIpc) is 2.52. The van der Waals surface area contributed by atoms with Crippen LogP contribution < -0.4 is 0 Å². The highest BCUT2D eigenvalue weighted by atomic mass is 19.4. The molecule has 2 rings (SSSR count). The number of carbonyl (C=O) groups excluding carboxylic acids is 1. The number of nitrogens with zero attached hydrogens (tertiary/aromatic N) is 1. The smallest absolute Gasteiger partial charge is 0.393 e. The predicted molar refractivity (Wildman–Crippen MR) is 81.5 cm³/mol. The number of alkyl halides is 3. The van der Waals surface area contributed by atoms with E-state index in [0.717, 1.165) is 25.0 Å². The molecule has 2 unspecified atom stereocenters. The summed E-state index contributed by atoms with van der Waals surface area (Å²) >= 11 is 0. The lowest BCUT2D eigenvalue weighted by atomic mass is 9.93. The molecule has 0 bridgehead atoms. The summed E-state index contributed by atoms with van der Waals surface area (Å²) in [6, 6.07) is 4.85. The third kappa shape index (κ3) is 4.82. The van der Waals surface area contributed by atoms with Gasteiger partial charge in [0.1, 0.15) is 0 Å². The van der Waals surface area contributed by atoms with Crippen molar-refractivity contribution in [3.05, 3.63) is 41.5 Å². The zero-order valence-electron chi connectivity index (χ0n) is 12.9. The van der Waals surface area contributed by atoms with Crippen LogP contribution in [0.5, 0.6) is 0 Å². The van der Waals surface area contributed by atoms with Gasteiger partial charge in [0.15, 0.2) is 0 Å². The van der Waals surface area contributed by atoms with Crippen molar-refractivity contribution in [1.82, 2.24) is 4.90 Å². The molecular formula is C17H20F3NO2. The molecule has 1 N–H and O–H groups in total. The minimum atomic E-state index is -4.40. The normalized spacial score (nSPS) is 20.7. The largest absolute Gasteiger partial charge is 0.416 e. The summed E-state index contributed by atoms with van der Waals surface area (Å²) in [4.78, 5) is 13.8. The molecule has 0 radical (unpaired) electrons. The van der Waals surface area contributed by atoms with Crippen molar-refractivity contribution in [3.8, 4) is 0 Å². The lowest BCUT2D eigenvalue weighted by Gasteiger charge is -2.33. The number of halogens is 3. The minimum Gasteiger partial charge on any atom is -0.393 e. The van der Waals surface area contributed by atoms with Gasteiger partial charge in [-0.2, -0.15) is 13.2 Å². The Morgan fingerprint density at radius 2 is 2.17 bits per heavy atom. The van der Waals surface area contributed by atoms with Crippen LogP contribution in [0.15, 0.2) is 30.3 Å². The van der Waals surface area contributed by atoms with Gasteiger partial charge in [0.05, 0.1) is 11.7 Å². The van der Waals surface area contributed by atoms with E-state index in [0.29, 0.717) is 18.7 Å². The molecule has 1 saturated heterocycles. The second-order valence-corrected chi connectivity index (χ2v) is 5.88. The lowest BCUT2D eigenvalue weighted by molar-refractivity contribution is -0.137. The Labute approximate surface area is 133 Å². The minimum absolute atomic E-state index is 0.0506. The van der Waals surface area contributed by atoms with Gasteiger partial charge in [-0.25, -0.2) is 0 Å². The first-order chi connectivity index (χ1) is 10.8. The summed E-state index contributed by atoms with van der Waals surface area (Å²) in [5, 5.41) is 9.63. The van der Waals surface area contributed by atoms with Crippen molar-refractivity contribution < 1.29 is 23.1 Å². The number of benzene rings is 1. The van der Waals surface area contributed by atoms with E-state index >= 15 is 0 Å². The standard InChI is InChI=1S/C17H20F3NO2/c1-12(22)14-5-3-9-21(11-14)16(23)8-7-13-4-2-6-15(10-13)17(18,19)20/h2,4,6-8,10,12,14,22H,3,5,9,11H2,1H3/b8-7+. The first-order valence-corrected chi connectivity index (χ1v) is 7.59. The number of rotatable bonds is 3. The van der Waals surface area contributed by atoms with E-state index in [1.165, 1.54) is 24.3 Å². The lowest BCUT2D eigenvalue weighted by Crippen LogP contribution is -2.42. The highest BCUT2D eigenvalue weighted by Crippen LogP contribution is 2.29. The number of aliphatic hydroxyl groups excluding tert-OH is 1. The molecular weight excluding hydrogens is 307 g/mol. The second kappa shape index (κ2) is 7.17. The van der Waals surface area contributed by atoms with Crippen LogP contribution in [-0.2, 0) is 11.0 Å². The summed E-state index contributed by atoms with van der Waals surface area (Å²) in [5.41, 5.74) is -0.406. The fraction of sp³-hybridized carbons (Fsp3) is 0.471. The first kappa shape index (κ1) is 17.5. The molecule has 1 aromatic rings. The monoisotopic (exact) mass is 327 g/mol. The molecule has 0 spiro atoms. The predicted octanol–water partition coefficient (Wildman–Crippen LogP) is 3.34. The van der Waals surface area contributed by atoms with Crippen LogP contribution in [0.4, 0.5) is 13.2 Å². The molecule has 1 aliphatic heterocycles. The Hall–Kier alpha value is -1.82. The second-order valence-electron chi connectivity index (χ2n) is 5.88. The molecule has 2 atom stereocenters. The van der Waals surface area contributed by atoms with E-state index in [-0.39, 0.29) is 11.8 Å². The number of amides is 1. The van der Waals surface area contributed by atoms with Crippen molar-refractivity contribution in [2.24, 2.45) is 5.92 Å². The Morgan fingerprint density at radius 3 is 2.83 bits per heavy atom. The quantitative estimate of drug-likeness (QED) is 0.865. The van der Waals surface area contributed by atoms with Crippen LogP contribution in [0.1, 0.15) is 30.9 Å². The van der Waals surface area contributed by atoms with Gasteiger partial charge in [-0.05, 0) is 43.5 Å². The van der Waals surface area contributed by atoms with E-state index in [9.17, 15) is 23.1 Å². The molecule has 0 saturated carbocycles. The molecule has 0 aromatic heterocycles. The van der Waals surface area contributed by atoms with E-state index < -0.39 is 17.8 Å². The average molecular weight is 327 g/mol.